The van der Waals surface area contributed by atoms with Gasteiger partial charge in [-0.2, -0.15) is 0 Å². The summed E-state index contributed by atoms with van der Waals surface area (Å²) in [6.45, 7) is 11.1. The number of hydrogen-bond acceptors (Lipinski definition) is 4. The number of amides is 2. The molecule has 0 aromatic heterocycles. The van der Waals surface area contributed by atoms with E-state index >= 15 is 0 Å². The molecule has 2 N–H and O–H groups in total. The number of rotatable bonds is 5. The highest BCUT2D eigenvalue weighted by Crippen LogP contribution is 2.35. The molecule has 3 saturated heterocycles. The molecule has 1 atom stereocenters. The highest BCUT2D eigenvalue weighted by atomic mass is 16.2. The third-order valence-electron chi connectivity index (χ3n) is 6.70. The number of hydrogen-bond donors (Lipinski definition) is 2. The zero-order chi connectivity index (χ0) is 19.2. The van der Waals surface area contributed by atoms with Gasteiger partial charge in [0.1, 0.15) is 0 Å². The number of carbonyl (C=O) groups excluding carboxylic acids is 1. The van der Waals surface area contributed by atoms with Crippen LogP contribution in [-0.4, -0.2) is 86.2 Å². The molecule has 1 spiro atoms. The lowest BCUT2D eigenvalue weighted by Gasteiger charge is -2.40. The lowest BCUT2D eigenvalue weighted by molar-refractivity contribution is 0.113. The molecule has 28 heavy (non-hydrogen) atoms. The third-order valence-corrected chi connectivity index (χ3v) is 6.70. The summed E-state index contributed by atoms with van der Waals surface area (Å²) < 4.78 is 0. The van der Waals surface area contributed by atoms with Gasteiger partial charge in [0.05, 0.1) is 0 Å². The average molecular weight is 386 g/mol. The van der Waals surface area contributed by atoms with E-state index in [9.17, 15) is 4.79 Å². The molecule has 3 aliphatic rings. The molecule has 3 heterocycles. The van der Waals surface area contributed by atoms with E-state index in [1.54, 1.807) is 0 Å². The summed E-state index contributed by atoms with van der Waals surface area (Å²) in [5.74, 6) is 0. The maximum atomic E-state index is 12.6. The van der Waals surface area contributed by atoms with Crippen LogP contribution in [0.1, 0.15) is 24.8 Å². The molecule has 1 aromatic carbocycles. The van der Waals surface area contributed by atoms with Gasteiger partial charge in [0.2, 0.25) is 0 Å². The number of piperidine rings is 1. The number of benzene rings is 1. The fourth-order valence-electron chi connectivity index (χ4n) is 4.97. The fraction of sp³-hybridized carbons (Fsp3) is 0.682. The summed E-state index contributed by atoms with van der Waals surface area (Å²) in [7, 11) is 0. The number of piperazine rings is 1. The first-order valence-electron chi connectivity index (χ1n) is 10.9. The van der Waals surface area contributed by atoms with Crippen molar-refractivity contribution in [2.24, 2.45) is 5.41 Å². The smallest absolute Gasteiger partial charge is 0.317 e. The van der Waals surface area contributed by atoms with Gasteiger partial charge < -0.3 is 15.5 Å². The maximum Gasteiger partial charge on any atom is 0.317 e. The molecule has 0 aliphatic carbocycles. The van der Waals surface area contributed by atoms with Crippen LogP contribution in [0.15, 0.2) is 30.3 Å². The minimum atomic E-state index is 0.133. The number of nitrogens with one attached hydrogen (secondary N) is 2. The number of likely N-dealkylation sites (tertiary alicyclic amines) is 1. The minimum absolute atomic E-state index is 0.133. The van der Waals surface area contributed by atoms with Crippen LogP contribution in [0.5, 0.6) is 0 Å². The Hall–Kier alpha value is -1.63. The van der Waals surface area contributed by atoms with Gasteiger partial charge in [0.15, 0.2) is 0 Å². The topological polar surface area (TPSA) is 50.9 Å². The predicted molar refractivity (Wildman–Crippen MR) is 112 cm³/mol. The van der Waals surface area contributed by atoms with E-state index in [2.05, 4.69) is 50.8 Å². The van der Waals surface area contributed by atoms with Crippen molar-refractivity contribution in [3.8, 4) is 0 Å². The van der Waals surface area contributed by atoms with Crippen molar-refractivity contribution < 1.29 is 4.79 Å². The van der Waals surface area contributed by atoms with E-state index in [0.717, 1.165) is 78.4 Å². The lowest BCUT2D eigenvalue weighted by atomic mass is 9.79. The van der Waals surface area contributed by atoms with E-state index in [-0.39, 0.29) is 6.03 Å². The van der Waals surface area contributed by atoms with Gasteiger partial charge in [0.25, 0.3) is 0 Å². The predicted octanol–water partition coefficient (Wildman–Crippen LogP) is 1.59. The second-order valence-electron chi connectivity index (χ2n) is 8.79. The first-order chi connectivity index (χ1) is 13.7. The molecule has 6 nitrogen and oxygen atoms in total. The zero-order valence-electron chi connectivity index (χ0n) is 17.0. The Morgan fingerprint density at radius 3 is 2.57 bits per heavy atom. The van der Waals surface area contributed by atoms with Crippen LogP contribution in [0.3, 0.4) is 0 Å². The summed E-state index contributed by atoms with van der Waals surface area (Å²) in [5.41, 5.74) is 1.73. The zero-order valence-corrected chi connectivity index (χ0v) is 17.0. The molecule has 0 bridgehead atoms. The molecule has 0 saturated carbocycles. The van der Waals surface area contributed by atoms with Crippen LogP contribution in [0.2, 0.25) is 0 Å². The van der Waals surface area contributed by atoms with Gasteiger partial charge in [-0.25, -0.2) is 4.79 Å². The molecule has 154 valence electrons. The van der Waals surface area contributed by atoms with Crippen LogP contribution >= 0.6 is 0 Å². The van der Waals surface area contributed by atoms with Crippen LogP contribution in [0.25, 0.3) is 0 Å². The monoisotopic (exact) mass is 385 g/mol. The highest BCUT2D eigenvalue weighted by molar-refractivity contribution is 5.74. The van der Waals surface area contributed by atoms with Gasteiger partial charge >= 0.3 is 6.03 Å². The number of urea groups is 1. The van der Waals surface area contributed by atoms with Gasteiger partial charge in [0, 0.05) is 70.9 Å². The Morgan fingerprint density at radius 2 is 1.82 bits per heavy atom. The van der Waals surface area contributed by atoms with Gasteiger partial charge in [-0.3, -0.25) is 9.80 Å². The Kier molecular flexibility index (Phi) is 6.50. The molecule has 0 radical (unpaired) electrons. The fourth-order valence-corrected chi connectivity index (χ4v) is 4.97. The van der Waals surface area contributed by atoms with Crippen LogP contribution in [0.4, 0.5) is 4.79 Å². The Balaban J connectivity index is 1.13. The van der Waals surface area contributed by atoms with Crippen molar-refractivity contribution in [1.29, 1.82) is 0 Å². The van der Waals surface area contributed by atoms with Gasteiger partial charge in [-0.05, 0) is 31.4 Å². The van der Waals surface area contributed by atoms with Crippen LogP contribution in [0, 0.1) is 5.41 Å². The molecule has 1 aromatic rings. The average Bonchev–Trinajstić information content (AvgIpc) is 3.17. The first-order valence-corrected chi connectivity index (χ1v) is 10.9. The summed E-state index contributed by atoms with van der Waals surface area (Å²) >= 11 is 0. The molecular formula is C22H35N5O. The Morgan fingerprint density at radius 1 is 1.04 bits per heavy atom. The van der Waals surface area contributed by atoms with Crippen molar-refractivity contribution in [3.05, 3.63) is 35.9 Å². The maximum absolute atomic E-state index is 12.6. The minimum Gasteiger partial charge on any atom is -0.337 e. The largest absolute Gasteiger partial charge is 0.337 e. The van der Waals surface area contributed by atoms with Crippen molar-refractivity contribution in [1.82, 2.24) is 25.3 Å². The van der Waals surface area contributed by atoms with Crippen molar-refractivity contribution >= 4 is 6.03 Å². The normalized spacial score (nSPS) is 26.6. The number of nitrogens with zero attached hydrogens (tertiary/aromatic N) is 3. The van der Waals surface area contributed by atoms with E-state index in [4.69, 9.17) is 0 Å². The van der Waals surface area contributed by atoms with E-state index < -0.39 is 0 Å². The van der Waals surface area contributed by atoms with E-state index in [0.29, 0.717) is 5.41 Å². The van der Waals surface area contributed by atoms with E-state index in [1.807, 2.05) is 4.90 Å². The molecule has 1 unspecified atom stereocenters. The summed E-state index contributed by atoms with van der Waals surface area (Å²) in [4.78, 5) is 19.6. The van der Waals surface area contributed by atoms with Gasteiger partial charge in [-0.1, -0.05) is 30.3 Å². The van der Waals surface area contributed by atoms with Crippen LogP contribution < -0.4 is 10.6 Å². The quantitative estimate of drug-likeness (QED) is 0.808. The van der Waals surface area contributed by atoms with Gasteiger partial charge in [-0.15, -0.1) is 0 Å². The first kappa shape index (κ1) is 19.7. The Labute approximate surface area is 169 Å². The third kappa shape index (κ3) is 5.04. The Bertz CT molecular complexity index is 623. The second kappa shape index (κ2) is 9.25. The molecular weight excluding hydrogens is 350 g/mol. The van der Waals surface area contributed by atoms with Crippen molar-refractivity contribution in [2.75, 3.05) is 65.4 Å². The van der Waals surface area contributed by atoms with Crippen LogP contribution in [-0.2, 0) is 6.54 Å². The van der Waals surface area contributed by atoms with E-state index in [1.165, 1.54) is 18.4 Å². The number of carbonyl (C=O) groups is 1. The highest BCUT2D eigenvalue weighted by Gasteiger charge is 2.39. The standard InChI is InChI=1S/C22H35N5O/c28-21(27-11-4-7-22(19-27)8-9-23-18-22)24-10-12-25-13-15-26(16-14-25)17-20-5-2-1-3-6-20/h1-3,5-6,23H,4,7-19H2,(H,24,28). The second-order valence-corrected chi connectivity index (χ2v) is 8.79. The molecule has 3 aliphatic heterocycles. The molecule has 3 fully saturated rings. The molecule has 2 amide bonds. The summed E-state index contributed by atoms with van der Waals surface area (Å²) in [5, 5.41) is 6.65. The molecule has 6 heteroatoms. The summed E-state index contributed by atoms with van der Waals surface area (Å²) in [6.07, 6.45) is 3.61. The SMILES string of the molecule is O=C(NCCN1CCN(Cc2ccccc2)CC1)N1CCCC2(CCNC2)C1. The summed E-state index contributed by atoms with van der Waals surface area (Å²) in [6, 6.07) is 10.8. The van der Waals surface area contributed by atoms with Crippen molar-refractivity contribution in [3.63, 3.8) is 0 Å². The lowest BCUT2D eigenvalue weighted by Crippen LogP contribution is -2.52. The molecule has 4 rings (SSSR count). The van der Waals surface area contributed by atoms with Crippen molar-refractivity contribution in [2.45, 2.75) is 25.8 Å².